The third-order valence-corrected chi connectivity index (χ3v) is 3.82. The van der Waals surface area contributed by atoms with E-state index < -0.39 is 23.6 Å². The van der Waals surface area contributed by atoms with E-state index in [2.05, 4.69) is 10.3 Å². The summed E-state index contributed by atoms with van der Waals surface area (Å²) in [6.07, 6.45) is -3.10. The molecule has 1 unspecified atom stereocenters. The first-order chi connectivity index (χ1) is 9.32. The van der Waals surface area contributed by atoms with Crippen LogP contribution in [0.4, 0.5) is 17.6 Å². The highest BCUT2D eigenvalue weighted by Crippen LogP contribution is 2.34. The van der Waals surface area contributed by atoms with Crippen LogP contribution >= 0.6 is 11.3 Å². The first-order valence-corrected chi connectivity index (χ1v) is 6.61. The zero-order chi connectivity index (χ0) is 14.9. The van der Waals surface area contributed by atoms with E-state index in [1.54, 1.807) is 13.2 Å². The van der Waals surface area contributed by atoms with Crippen molar-refractivity contribution >= 4 is 11.3 Å². The lowest BCUT2D eigenvalue weighted by atomic mass is 10.0. The molecular weight excluding hydrogens is 292 g/mol. The average Bonchev–Trinajstić information content (AvgIpc) is 2.77. The Morgan fingerprint density at radius 1 is 1.30 bits per heavy atom. The van der Waals surface area contributed by atoms with Gasteiger partial charge in [-0.15, -0.1) is 11.3 Å². The Balaban J connectivity index is 2.46. The van der Waals surface area contributed by atoms with E-state index in [1.807, 2.05) is 6.92 Å². The highest BCUT2D eigenvalue weighted by molar-refractivity contribution is 7.11. The summed E-state index contributed by atoms with van der Waals surface area (Å²) in [4.78, 5) is 4.86. The number of aromatic nitrogens is 1. The van der Waals surface area contributed by atoms with Gasteiger partial charge in [-0.2, -0.15) is 13.2 Å². The number of hydrogen-bond donors (Lipinski definition) is 1. The van der Waals surface area contributed by atoms with Crippen molar-refractivity contribution in [3.05, 3.63) is 51.2 Å². The van der Waals surface area contributed by atoms with Crippen LogP contribution in [0.5, 0.6) is 0 Å². The second-order valence-electron chi connectivity index (χ2n) is 4.24. The maximum absolute atomic E-state index is 13.3. The van der Waals surface area contributed by atoms with Crippen molar-refractivity contribution in [2.75, 3.05) is 7.05 Å². The molecule has 1 heterocycles. The first-order valence-electron chi connectivity index (χ1n) is 5.79. The number of thiazole rings is 1. The van der Waals surface area contributed by atoms with Gasteiger partial charge < -0.3 is 5.32 Å². The normalized spacial score (nSPS) is 13.5. The van der Waals surface area contributed by atoms with Crippen LogP contribution in [0.25, 0.3) is 0 Å². The summed E-state index contributed by atoms with van der Waals surface area (Å²) in [6.45, 7) is 1.81. The molecule has 1 aromatic heterocycles. The van der Waals surface area contributed by atoms with Gasteiger partial charge in [-0.1, -0.05) is 6.07 Å². The number of nitrogens with zero attached hydrogens (tertiary/aromatic N) is 1. The second-order valence-corrected chi connectivity index (χ2v) is 5.51. The molecule has 1 aromatic carbocycles. The Kier molecular flexibility index (Phi) is 4.10. The van der Waals surface area contributed by atoms with Crippen LogP contribution in [0.1, 0.15) is 27.1 Å². The van der Waals surface area contributed by atoms with Gasteiger partial charge in [0.15, 0.2) is 0 Å². The van der Waals surface area contributed by atoms with Gasteiger partial charge in [0.05, 0.1) is 16.6 Å². The van der Waals surface area contributed by atoms with Crippen molar-refractivity contribution < 1.29 is 17.6 Å². The molecular formula is C13H12F4N2S. The molecule has 0 amide bonds. The molecule has 0 saturated heterocycles. The minimum atomic E-state index is -4.71. The van der Waals surface area contributed by atoms with Gasteiger partial charge in [0.1, 0.15) is 5.82 Å². The molecule has 7 heteroatoms. The third-order valence-electron chi connectivity index (χ3n) is 2.84. The zero-order valence-corrected chi connectivity index (χ0v) is 11.6. The predicted molar refractivity (Wildman–Crippen MR) is 69.2 cm³/mol. The molecule has 0 saturated carbocycles. The van der Waals surface area contributed by atoms with E-state index in [1.165, 1.54) is 17.4 Å². The Morgan fingerprint density at radius 2 is 2.00 bits per heavy atom. The number of hydrogen-bond acceptors (Lipinski definition) is 3. The van der Waals surface area contributed by atoms with Crippen molar-refractivity contribution in [2.24, 2.45) is 0 Å². The van der Waals surface area contributed by atoms with Gasteiger partial charge in [0.2, 0.25) is 0 Å². The fraction of sp³-hybridized carbons (Fsp3) is 0.308. The Labute approximate surface area is 117 Å². The lowest BCUT2D eigenvalue weighted by molar-refractivity contribution is -0.140. The SMILES string of the molecule is CNC(c1ccc(F)c(C(F)(F)F)c1)c1cnc(C)s1. The topological polar surface area (TPSA) is 24.9 Å². The quantitative estimate of drug-likeness (QED) is 0.869. The number of rotatable bonds is 3. The van der Waals surface area contributed by atoms with Crippen LogP contribution in [0, 0.1) is 12.7 Å². The van der Waals surface area contributed by atoms with Gasteiger partial charge in [-0.05, 0) is 31.7 Å². The largest absolute Gasteiger partial charge is 0.419 e. The Bertz CT molecular complexity index is 607. The Hall–Kier alpha value is -1.47. The molecule has 0 fully saturated rings. The summed E-state index contributed by atoms with van der Waals surface area (Å²) in [6, 6.07) is 2.59. The van der Waals surface area contributed by atoms with Crippen molar-refractivity contribution in [1.29, 1.82) is 0 Å². The molecule has 0 bridgehead atoms. The molecule has 0 aliphatic carbocycles. The molecule has 1 atom stereocenters. The van der Waals surface area contributed by atoms with Crippen LogP contribution in [-0.4, -0.2) is 12.0 Å². The number of aryl methyl sites for hydroxylation is 1. The molecule has 0 aliphatic heterocycles. The third kappa shape index (κ3) is 2.99. The van der Waals surface area contributed by atoms with Crippen molar-refractivity contribution in [3.8, 4) is 0 Å². The molecule has 20 heavy (non-hydrogen) atoms. The first kappa shape index (κ1) is 14.9. The minimum absolute atomic E-state index is 0.352. The lowest BCUT2D eigenvalue weighted by Crippen LogP contribution is -2.18. The molecule has 0 radical (unpaired) electrons. The van der Waals surface area contributed by atoms with Crippen LogP contribution < -0.4 is 5.32 Å². The van der Waals surface area contributed by atoms with Crippen LogP contribution in [0.3, 0.4) is 0 Å². The number of halogens is 4. The van der Waals surface area contributed by atoms with Gasteiger partial charge in [-0.25, -0.2) is 9.37 Å². The van der Waals surface area contributed by atoms with Gasteiger partial charge >= 0.3 is 6.18 Å². The summed E-state index contributed by atoms with van der Waals surface area (Å²) in [5.74, 6) is -1.27. The summed E-state index contributed by atoms with van der Waals surface area (Å²) in [7, 11) is 1.64. The monoisotopic (exact) mass is 304 g/mol. The smallest absolute Gasteiger partial charge is 0.309 e. The van der Waals surface area contributed by atoms with Crippen molar-refractivity contribution in [1.82, 2.24) is 10.3 Å². The molecule has 2 nitrogen and oxygen atoms in total. The average molecular weight is 304 g/mol. The molecule has 0 spiro atoms. The van der Waals surface area contributed by atoms with E-state index in [0.717, 1.165) is 22.0 Å². The number of nitrogens with one attached hydrogen (secondary N) is 1. The van der Waals surface area contributed by atoms with Crippen LogP contribution in [-0.2, 0) is 6.18 Å². The fourth-order valence-electron chi connectivity index (χ4n) is 1.92. The predicted octanol–water partition coefficient (Wildman–Crippen LogP) is 3.92. The summed E-state index contributed by atoms with van der Waals surface area (Å²) < 4.78 is 51.5. The zero-order valence-electron chi connectivity index (χ0n) is 10.8. The second kappa shape index (κ2) is 5.49. The summed E-state index contributed by atoms with van der Waals surface area (Å²) >= 11 is 1.38. The summed E-state index contributed by atoms with van der Waals surface area (Å²) in [5.41, 5.74) is -0.902. The van der Waals surface area contributed by atoms with E-state index in [-0.39, 0.29) is 0 Å². The number of alkyl halides is 3. The molecule has 2 rings (SSSR count). The molecule has 0 aliphatic rings. The molecule has 1 N–H and O–H groups in total. The maximum atomic E-state index is 13.3. The highest BCUT2D eigenvalue weighted by atomic mass is 32.1. The van der Waals surface area contributed by atoms with Gasteiger partial charge in [0, 0.05) is 11.1 Å². The lowest BCUT2D eigenvalue weighted by Gasteiger charge is -2.17. The van der Waals surface area contributed by atoms with E-state index >= 15 is 0 Å². The van der Waals surface area contributed by atoms with E-state index in [9.17, 15) is 17.6 Å². The maximum Gasteiger partial charge on any atom is 0.419 e. The minimum Gasteiger partial charge on any atom is -0.309 e. The van der Waals surface area contributed by atoms with Crippen molar-refractivity contribution in [2.45, 2.75) is 19.1 Å². The number of benzene rings is 1. The van der Waals surface area contributed by atoms with E-state index in [4.69, 9.17) is 0 Å². The fourth-order valence-corrected chi connectivity index (χ4v) is 2.85. The van der Waals surface area contributed by atoms with Crippen LogP contribution in [0.15, 0.2) is 24.4 Å². The van der Waals surface area contributed by atoms with Crippen LogP contribution in [0.2, 0.25) is 0 Å². The van der Waals surface area contributed by atoms with Crippen molar-refractivity contribution in [3.63, 3.8) is 0 Å². The molecule has 2 aromatic rings. The molecule has 108 valence electrons. The van der Waals surface area contributed by atoms with E-state index in [0.29, 0.717) is 5.56 Å². The van der Waals surface area contributed by atoms with Gasteiger partial charge in [-0.3, -0.25) is 0 Å². The summed E-state index contributed by atoms with van der Waals surface area (Å²) in [5, 5.41) is 3.74. The Morgan fingerprint density at radius 3 is 2.50 bits per heavy atom. The van der Waals surface area contributed by atoms with Gasteiger partial charge in [0.25, 0.3) is 0 Å². The highest BCUT2D eigenvalue weighted by Gasteiger charge is 2.34. The standard InChI is InChI=1S/C13H12F4N2S/c1-7-19-6-11(20-7)12(18-2)8-3-4-10(14)9(5-8)13(15,16)17/h3-6,12,18H,1-2H3.